The van der Waals surface area contributed by atoms with Crippen LogP contribution in [0.25, 0.3) is 0 Å². The standard InChI is InChI=1S/C12H11ClF2N2O3/c13-7-1-3-16(4-2-7)12(18)9-5-8(14)6-10(11(9)15)17(19)20/h5-7H,1-4H2. The fraction of sp³-hybridized carbons (Fsp3) is 0.417. The number of carbonyl (C=O) groups excluding carboxylic acids is 1. The highest BCUT2D eigenvalue weighted by atomic mass is 35.5. The number of rotatable bonds is 2. The van der Waals surface area contributed by atoms with Crippen LogP contribution in [0.5, 0.6) is 0 Å². The lowest BCUT2D eigenvalue weighted by molar-refractivity contribution is -0.387. The number of nitro benzene ring substituents is 1. The molecule has 1 aromatic carbocycles. The van der Waals surface area contributed by atoms with Gasteiger partial charge in [0.25, 0.3) is 5.91 Å². The summed E-state index contributed by atoms with van der Waals surface area (Å²) in [5.74, 6) is -3.09. The second-order valence-electron chi connectivity index (χ2n) is 4.51. The van der Waals surface area contributed by atoms with Crippen molar-refractivity contribution in [3.05, 3.63) is 39.4 Å². The van der Waals surface area contributed by atoms with Crippen molar-refractivity contribution < 1.29 is 18.5 Å². The summed E-state index contributed by atoms with van der Waals surface area (Å²) in [7, 11) is 0. The van der Waals surface area contributed by atoms with Gasteiger partial charge in [-0.05, 0) is 18.9 Å². The first-order valence-corrected chi connectivity index (χ1v) is 6.40. The second kappa shape index (κ2) is 5.70. The zero-order valence-electron chi connectivity index (χ0n) is 10.3. The molecule has 0 bridgehead atoms. The van der Waals surface area contributed by atoms with Crippen molar-refractivity contribution in [1.29, 1.82) is 0 Å². The van der Waals surface area contributed by atoms with Gasteiger partial charge in [0, 0.05) is 18.5 Å². The molecule has 108 valence electrons. The minimum atomic E-state index is -1.31. The van der Waals surface area contributed by atoms with Crippen molar-refractivity contribution in [2.75, 3.05) is 13.1 Å². The van der Waals surface area contributed by atoms with Crippen molar-refractivity contribution in [3.8, 4) is 0 Å². The zero-order valence-corrected chi connectivity index (χ0v) is 11.1. The normalized spacial score (nSPS) is 16.2. The average Bonchev–Trinajstić information content (AvgIpc) is 2.41. The molecule has 20 heavy (non-hydrogen) atoms. The van der Waals surface area contributed by atoms with E-state index < -0.39 is 33.7 Å². The first-order chi connectivity index (χ1) is 9.40. The van der Waals surface area contributed by atoms with E-state index in [0.29, 0.717) is 38.1 Å². The Bertz CT molecular complexity index is 560. The summed E-state index contributed by atoms with van der Waals surface area (Å²) in [6, 6.07) is 1.13. The molecule has 1 saturated heterocycles. The molecule has 0 spiro atoms. The van der Waals surface area contributed by atoms with E-state index in [1.807, 2.05) is 0 Å². The summed E-state index contributed by atoms with van der Waals surface area (Å²) < 4.78 is 27.2. The van der Waals surface area contributed by atoms with Gasteiger partial charge in [0.15, 0.2) is 0 Å². The molecule has 1 amide bonds. The summed E-state index contributed by atoms with van der Waals surface area (Å²) in [4.78, 5) is 23.0. The van der Waals surface area contributed by atoms with Crippen LogP contribution in [0.4, 0.5) is 14.5 Å². The third kappa shape index (κ3) is 2.87. The fourth-order valence-electron chi connectivity index (χ4n) is 2.08. The van der Waals surface area contributed by atoms with Gasteiger partial charge in [0.2, 0.25) is 5.82 Å². The SMILES string of the molecule is O=C(c1cc(F)cc([N+](=O)[O-])c1F)N1CCC(Cl)CC1. The molecule has 1 aliphatic rings. The minimum Gasteiger partial charge on any atom is -0.338 e. The molecule has 0 saturated carbocycles. The Morgan fingerprint density at radius 2 is 1.95 bits per heavy atom. The molecule has 8 heteroatoms. The first-order valence-electron chi connectivity index (χ1n) is 5.97. The number of likely N-dealkylation sites (tertiary alicyclic amines) is 1. The number of hydrogen-bond donors (Lipinski definition) is 0. The fourth-order valence-corrected chi connectivity index (χ4v) is 2.28. The molecule has 0 unspecified atom stereocenters. The smallest absolute Gasteiger partial charge is 0.308 e. The molecule has 1 fully saturated rings. The average molecular weight is 305 g/mol. The maximum atomic E-state index is 13.9. The highest BCUT2D eigenvalue weighted by molar-refractivity contribution is 6.20. The molecule has 0 N–H and O–H groups in total. The molecule has 2 rings (SSSR count). The lowest BCUT2D eigenvalue weighted by Gasteiger charge is -2.29. The highest BCUT2D eigenvalue weighted by Gasteiger charge is 2.29. The Kier molecular flexibility index (Phi) is 4.17. The van der Waals surface area contributed by atoms with Crippen LogP contribution in [0, 0.1) is 21.7 Å². The number of halogens is 3. The molecule has 0 atom stereocenters. The van der Waals surface area contributed by atoms with E-state index >= 15 is 0 Å². The van der Waals surface area contributed by atoms with Crippen molar-refractivity contribution >= 4 is 23.2 Å². The van der Waals surface area contributed by atoms with Crippen LogP contribution in [0.2, 0.25) is 0 Å². The van der Waals surface area contributed by atoms with Gasteiger partial charge in [-0.15, -0.1) is 11.6 Å². The summed E-state index contributed by atoms with van der Waals surface area (Å²) in [6.07, 6.45) is 1.10. The first kappa shape index (κ1) is 14.6. The Morgan fingerprint density at radius 1 is 1.35 bits per heavy atom. The highest BCUT2D eigenvalue weighted by Crippen LogP contribution is 2.25. The molecule has 0 aliphatic carbocycles. The number of carbonyl (C=O) groups is 1. The molecular formula is C12H11ClF2N2O3. The van der Waals surface area contributed by atoms with E-state index in [0.717, 1.165) is 0 Å². The van der Waals surface area contributed by atoms with Gasteiger partial charge in [0.05, 0.1) is 16.6 Å². The maximum Gasteiger partial charge on any atom is 0.308 e. The Labute approximate surface area is 118 Å². The predicted molar refractivity (Wildman–Crippen MR) is 67.8 cm³/mol. The van der Waals surface area contributed by atoms with Gasteiger partial charge in [-0.25, -0.2) is 4.39 Å². The van der Waals surface area contributed by atoms with Gasteiger partial charge in [-0.1, -0.05) is 0 Å². The number of nitrogens with zero attached hydrogens (tertiary/aromatic N) is 2. The van der Waals surface area contributed by atoms with Crippen molar-refractivity contribution in [3.63, 3.8) is 0 Å². The van der Waals surface area contributed by atoms with E-state index in [1.165, 1.54) is 4.90 Å². The number of nitro groups is 1. The summed E-state index contributed by atoms with van der Waals surface area (Å²) in [5, 5.41) is 10.6. The van der Waals surface area contributed by atoms with Crippen molar-refractivity contribution in [1.82, 2.24) is 4.90 Å². The maximum absolute atomic E-state index is 13.9. The van der Waals surface area contributed by atoms with E-state index in [9.17, 15) is 23.7 Å². The van der Waals surface area contributed by atoms with Gasteiger partial charge in [0.1, 0.15) is 5.82 Å². The molecule has 1 aromatic rings. The number of benzene rings is 1. The van der Waals surface area contributed by atoms with Gasteiger partial charge >= 0.3 is 5.69 Å². The predicted octanol–water partition coefficient (Wildman–Crippen LogP) is 2.72. The summed E-state index contributed by atoms with van der Waals surface area (Å²) in [5.41, 5.74) is -1.66. The number of hydrogen-bond acceptors (Lipinski definition) is 3. The zero-order chi connectivity index (χ0) is 14.9. The van der Waals surface area contributed by atoms with E-state index in [1.54, 1.807) is 0 Å². The molecule has 5 nitrogen and oxygen atoms in total. The molecule has 0 aromatic heterocycles. The van der Waals surface area contributed by atoms with Gasteiger partial charge in [-0.3, -0.25) is 14.9 Å². The molecular weight excluding hydrogens is 294 g/mol. The van der Waals surface area contributed by atoms with Crippen LogP contribution in [0.3, 0.4) is 0 Å². The van der Waals surface area contributed by atoms with Gasteiger partial charge in [-0.2, -0.15) is 4.39 Å². The number of alkyl halides is 1. The Morgan fingerprint density at radius 3 is 2.50 bits per heavy atom. The van der Waals surface area contributed by atoms with E-state index in [2.05, 4.69) is 0 Å². The quantitative estimate of drug-likeness (QED) is 0.479. The van der Waals surface area contributed by atoms with E-state index in [-0.39, 0.29) is 5.38 Å². The molecule has 1 heterocycles. The second-order valence-corrected chi connectivity index (χ2v) is 5.13. The van der Waals surface area contributed by atoms with Crippen molar-refractivity contribution in [2.45, 2.75) is 18.2 Å². The van der Waals surface area contributed by atoms with Gasteiger partial charge < -0.3 is 4.90 Å². The lowest BCUT2D eigenvalue weighted by atomic mass is 10.1. The largest absolute Gasteiger partial charge is 0.338 e. The number of amides is 1. The third-order valence-electron chi connectivity index (χ3n) is 3.16. The van der Waals surface area contributed by atoms with Crippen molar-refractivity contribution in [2.24, 2.45) is 0 Å². The topological polar surface area (TPSA) is 63.4 Å². The van der Waals surface area contributed by atoms with Crippen LogP contribution in [0.1, 0.15) is 23.2 Å². The Balaban J connectivity index is 2.32. The number of piperidine rings is 1. The van der Waals surface area contributed by atoms with Crippen LogP contribution in [-0.4, -0.2) is 34.2 Å². The molecule has 0 radical (unpaired) electrons. The third-order valence-corrected chi connectivity index (χ3v) is 3.59. The summed E-state index contributed by atoms with van der Waals surface area (Å²) in [6.45, 7) is 0.632. The monoisotopic (exact) mass is 304 g/mol. The van der Waals surface area contributed by atoms with E-state index in [4.69, 9.17) is 11.6 Å². The van der Waals surface area contributed by atoms with Crippen LogP contribution >= 0.6 is 11.6 Å². The summed E-state index contributed by atoms with van der Waals surface area (Å²) >= 11 is 5.89. The lowest BCUT2D eigenvalue weighted by Crippen LogP contribution is -2.39. The van der Waals surface area contributed by atoms with Crippen LogP contribution < -0.4 is 0 Å². The molecule has 1 aliphatic heterocycles. The Hall–Kier alpha value is -1.76. The van der Waals surface area contributed by atoms with Crippen LogP contribution in [-0.2, 0) is 0 Å². The van der Waals surface area contributed by atoms with Crippen LogP contribution in [0.15, 0.2) is 12.1 Å². The minimum absolute atomic E-state index is 0.0502.